The summed E-state index contributed by atoms with van der Waals surface area (Å²) in [5, 5.41) is 4.85. The van der Waals surface area contributed by atoms with Crippen molar-refractivity contribution in [2.75, 3.05) is 6.26 Å². The highest BCUT2D eigenvalue weighted by Gasteiger charge is 2.35. The molecule has 0 saturated heterocycles. The Balaban J connectivity index is 1.89. The molecule has 100 valence electrons. The van der Waals surface area contributed by atoms with E-state index in [-0.39, 0.29) is 0 Å². The van der Waals surface area contributed by atoms with Gasteiger partial charge in [0, 0.05) is 17.3 Å². The van der Waals surface area contributed by atoms with Crippen molar-refractivity contribution in [3.8, 4) is 0 Å². The topological polar surface area (TPSA) is 12.0 Å². The van der Waals surface area contributed by atoms with Gasteiger partial charge in [0.1, 0.15) is 0 Å². The lowest BCUT2D eigenvalue weighted by atomic mass is 9.70. The third-order valence-electron chi connectivity index (χ3n) is 4.59. The van der Waals surface area contributed by atoms with E-state index >= 15 is 0 Å². The minimum Gasteiger partial charge on any atom is -0.310 e. The van der Waals surface area contributed by atoms with E-state index in [1.807, 2.05) is 0 Å². The van der Waals surface area contributed by atoms with Gasteiger partial charge in [-0.15, -0.1) is 0 Å². The van der Waals surface area contributed by atoms with Crippen LogP contribution in [0.5, 0.6) is 0 Å². The zero-order chi connectivity index (χ0) is 12.5. The maximum absolute atomic E-state index is 3.98. The maximum atomic E-state index is 3.98. The Morgan fingerprint density at radius 1 is 1.18 bits per heavy atom. The first kappa shape index (κ1) is 13.7. The van der Waals surface area contributed by atoms with Crippen LogP contribution in [0.2, 0.25) is 0 Å². The summed E-state index contributed by atoms with van der Waals surface area (Å²) >= 11 is 2.07. The van der Waals surface area contributed by atoms with Gasteiger partial charge in [0.25, 0.3) is 0 Å². The van der Waals surface area contributed by atoms with E-state index in [4.69, 9.17) is 0 Å². The molecule has 2 heteroatoms. The van der Waals surface area contributed by atoms with Crippen LogP contribution in [0.3, 0.4) is 0 Å². The monoisotopic (exact) mass is 255 g/mol. The van der Waals surface area contributed by atoms with Gasteiger partial charge in [-0.05, 0) is 49.7 Å². The first-order valence-corrected chi connectivity index (χ1v) is 8.58. The van der Waals surface area contributed by atoms with Crippen molar-refractivity contribution < 1.29 is 0 Å². The van der Waals surface area contributed by atoms with Crippen LogP contribution in [0.15, 0.2) is 0 Å². The Bertz CT molecular complexity index is 251. The van der Waals surface area contributed by atoms with Crippen molar-refractivity contribution >= 4 is 11.8 Å². The molecule has 0 heterocycles. The highest BCUT2D eigenvalue weighted by Crippen LogP contribution is 2.39. The highest BCUT2D eigenvalue weighted by atomic mass is 32.2. The Morgan fingerprint density at radius 2 is 1.94 bits per heavy atom. The summed E-state index contributed by atoms with van der Waals surface area (Å²) < 4.78 is 0. The molecule has 4 atom stereocenters. The van der Waals surface area contributed by atoms with Crippen molar-refractivity contribution in [1.82, 2.24) is 5.32 Å². The molecule has 0 bridgehead atoms. The van der Waals surface area contributed by atoms with E-state index < -0.39 is 0 Å². The van der Waals surface area contributed by atoms with Crippen LogP contribution in [-0.4, -0.2) is 23.6 Å². The highest BCUT2D eigenvalue weighted by molar-refractivity contribution is 7.99. The molecule has 0 amide bonds. The lowest BCUT2D eigenvalue weighted by Crippen LogP contribution is -2.46. The summed E-state index contributed by atoms with van der Waals surface area (Å²) in [7, 11) is 0. The molecule has 2 saturated carbocycles. The molecule has 2 aliphatic carbocycles. The summed E-state index contributed by atoms with van der Waals surface area (Å²) in [4.78, 5) is 0. The molecule has 0 aliphatic heterocycles. The van der Waals surface area contributed by atoms with Gasteiger partial charge >= 0.3 is 0 Å². The first-order valence-electron chi connectivity index (χ1n) is 7.29. The van der Waals surface area contributed by atoms with E-state index in [1.54, 1.807) is 0 Å². The Labute approximate surface area is 112 Å². The molecule has 2 aliphatic rings. The fourth-order valence-corrected chi connectivity index (χ4v) is 5.12. The van der Waals surface area contributed by atoms with Crippen LogP contribution in [0, 0.1) is 11.3 Å². The molecule has 2 rings (SSSR count). The molecule has 1 nitrogen and oxygen atoms in total. The van der Waals surface area contributed by atoms with Gasteiger partial charge in [-0.3, -0.25) is 0 Å². The number of hydrogen-bond donors (Lipinski definition) is 1. The van der Waals surface area contributed by atoms with Gasteiger partial charge in [0.15, 0.2) is 0 Å². The first-order chi connectivity index (χ1) is 8.00. The SMILES string of the molecule is CSC1CCCC1NC1CC(C)CC(C)(C)C1. The Morgan fingerprint density at radius 3 is 2.59 bits per heavy atom. The van der Waals surface area contributed by atoms with Crippen LogP contribution in [-0.2, 0) is 0 Å². The van der Waals surface area contributed by atoms with E-state index in [2.05, 4.69) is 44.1 Å². The van der Waals surface area contributed by atoms with Crippen LogP contribution in [0.4, 0.5) is 0 Å². The minimum absolute atomic E-state index is 0.544. The average Bonchev–Trinajstić information content (AvgIpc) is 2.61. The number of thioether (sulfide) groups is 1. The fourth-order valence-electron chi connectivity index (χ4n) is 4.17. The molecule has 0 aromatic rings. The molecule has 2 fully saturated rings. The molecular weight excluding hydrogens is 226 g/mol. The predicted octanol–water partition coefficient (Wildman–Crippen LogP) is 4.07. The molecule has 17 heavy (non-hydrogen) atoms. The number of hydrogen-bond acceptors (Lipinski definition) is 2. The minimum atomic E-state index is 0.544. The Kier molecular flexibility index (Phi) is 4.46. The Hall–Kier alpha value is 0.310. The normalized spacial score (nSPS) is 41.6. The smallest absolute Gasteiger partial charge is 0.0198 e. The van der Waals surface area contributed by atoms with E-state index in [1.165, 1.54) is 38.5 Å². The molecule has 0 aromatic heterocycles. The van der Waals surface area contributed by atoms with Gasteiger partial charge in [-0.1, -0.05) is 27.2 Å². The predicted molar refractivity (Wildman–Crippen MR) is 78.7 cm³/mol. The second-order valence-corrected chi connectivity index (χ2v) is 8.17. The third kappa shape index (κ3) is 3.64. The molecular formula is C15H29NS. The standard InChI is InChI=1S/C15H29NS/c1-11-8-12(10-15(2,3)9-11)16-13-6-5-7-14(13)17-4/h11-14,16H,5-10H2,1-4H3. The molecule has 0 spiro atoms. The van der Waals surface area contributed by atoms with E-state index in [0.29, 0.717) is 5.41 Å². The van der Waals surface area contributed by atoms with E-state index in [0.717, 1.165) is 23.3 Å². The van der Waals surface area contributed by atoms with Gasteiger partial charge in [-0.2, -0.15) is 11.8 Å². The van der Waals surface area contributed by atoms with Crippen molar-refractivity contribution in [3.05, 3.63) is 0 Å². The van der Waals surface area contributed by atoms with Crippen LogP contribution >= 0.6 is 11.8 Å². The number of nitrogens with one attached hydrogen (secondary N) is 1. The molecule has 0 aromatic carbocycles. The lowest BCUT2D eigenvalue weighted by molar-refractivity contribution is 0.145. The summed E-state index contributed by atoms with van der Waals surface area (Å²) in [6.07, 6.45) is 10.7. The molecule has 4 unspecified atom stereocenters. The average molecular weight is 255 g/mol. The third-order valence-corrected chi connectivity index (χ3v) is 5.76. The molecule has 0 radical (unpaired) electrons. The zero-order valence-electron chi connectivity index (χ0n) is 12.0. The van der Waals surface area contributed by atoms with Crippen LogP contribution in [0.25, 0.3) is 0 Å². The van der Waals surface area contributed by atoms with Crippen molar-refractivity contribution in [3.63, 3.8) is 0 Å². The molecule has 1 N–H and O–H groups in total. The van der Waals surface area contributed by atoms with E-state index in [9.17, 15) is 0 Å². The van der Waals surface area contributed by atoms with Crippen molar-refractivity contribution in [2.24, 2.45) is 11.3 Å². The lowest BCUT2D eigenvalue weighted by Gasteiger charge is -2.41. The zero-order valence-corrected chi connectivity index (χ0v) is 12.8. The largest absolute Gasteiger partial charge is 0.310 e. The van der Waals surface area contributed by atoms with Gasteiger partial charge in [-0.25, -0.2) is 0 Å². The van der Waals surface area contributed by atoms with Gasteiger partial charge in [0.05, 0.1) is 0 Å². The second kappa shape index (κ2) is 5.52. The fraction of sp³-hybridized carbons (Fsp3) is 1.00. The maximum Gasteiger partial charge on any atom is 0.0198 e. The summed E-state index contributed by atoms with van der Waals surface area (Å²) in [6.45, 7) is 7.31. The van der Waals surface area contributed by atoms with Crippen molar-refractivity contribution in [2.45, 2.75) is 76.6 Å². The summed E-state index contributed by atoms with van der Waals surface area (Å²) in [6, 6.07) is 1.56. The van der Waals surface area contributed by atoms with Gasteiger partial charge < -0.3 is 5.32 Å². The summed E-state index contributed by atoms with van der Waals surface area (Å²) in [5.41, 5.74) is 0.544. The van der Waals surface area contributed by atoms with Crippen molar-refractivity contribution in [1.29, 1.82) is 0 Å². The quantitative estimate of drug-likeness (QED) is 0.815. The summed E-state index contributed by atoms with van der Waals surface area (Å²) in [5.74, 6) is 0.894. The van der Waals surface area contributed by atoms with Gasteiger partial charge in [0.2, 0.25) is 0 Å². The van der Waals surface area contributed by atoms with Crippen LogP contribution < -0.4 is 5.32 Å². The number of rotatable bonds is 3. The van der Waals surface area contributed by atoms with Crippen LogP contribution in [0.1, 0.15) is 59.3 Å². The second-order valence-electron chi connectivity index (χ2n) is 7.09.